The Kier molecular flexibility index (Phi) is 5.94. The number of halogens is 1. The molecule has 3 unspecified atom stereocenters. The lowest BCUT2D eigenvalue weighted by Crippen LogP contribution is -2.58. The third kappa shape index (κ3) is 4.28. The summed E-state index contributed by atoms with van der Waals surface area (Å²) in [4.78, 5) is 25.4. The molecule has 2 aliphatic rings. The fourth-order valence-corrected chi connectivity index (χ4v) is 4.14. The van der Waals surface area contributed by atoms with E-state index in [9.17, 15) is 14.7 Å². The van der Waals surface area contributed by atoms with Gasteiger partial charge in [0.1, 0.15) is 12.7 Å². The number of carbonyl (C=O) groups excluding carboxylic acids is 1. The van der Waals surface area contributed by atoms with Crippen LogP contribution in [0.3, 0.4) is 0 Å². The Balaban J connectivity index is 1.49. The zero-order chi connectivity index (χ0) is 21.1. The Morgan fingerprint density at radius 2 is 1.90 bits per heavy atom. The van der Waals surface area contributed by atoms with Crippen LogP contribution >= 0.6 is 11.6 Å². The Labute approximate surface area is 179 Å². The van der Waals surface area contributed by atoms with Crippen molar-refractivity contribution in [1.82, 2.24) is 4.90 Å². The number of carboxylic acid groups (broad SMARTS) is 1. The van der Waals surface area contributed by atoms with Gasteiger partial charge in [0, 0.05) is 11.6 Å². The zero-order valence-electron chi connectivity index (χ0n) is 16.2. The number of hydrogen-bond acceptors (Lipinski definition) is 5. The second-order valence-electron chi connectivity index (χ2n) is 7.68. The number of fused-ring (bicyclic) bond motifs is 2. The van der Waals surface area contributed by atoms with Crippen molar-refractivity contribution in [3.05, 3.63) is 70.7 Å². The number of carbonyl (C=O) groups is 2. The van der Waals surface area contributed by atoms with Gasteiger partial charge in [0.05, 0.1) is 36.8 Å². The van der Waals surface area contributed by atoms with Crippen LogP contribution in [0.1, 0.15) is 15.9 Å². The Morgan fingerprint density at radius 3 is 2.60 bits per heavy atom. The van der Waals surface area contributed by atoms with E-state index >= 15 is 0 Å². The number of nitrogens with zero attached hydrogens (tertiary/aromatic N) is 1. The summed E-state index contributed by atoms with van der Waals surface area (Å²) in [6, 6.07) is 16.0. The minimum Gasteiger partial charge on any atom is -0.465 e. The monoisotopic (exact) mass is 431 g/mol. The van der Waals surface area contributed by atoms with Gasteiger partial charge in [-0.25, -0.2) is 9.59 Å². The van der Waals surface area contributed by atoms with E-state index in [4.69, 9.17) is 25.8 Å². The molecule has 2 aromatic carbocycles. The van der Waals surface area contributed by atoms with Gasteiger partial charge >= 0.3 is 12.1 Å². The second kappa shape index (κ2) is 8.63. The Bertz CT molecular complexity index is 906. The normalized spacial score (nSPS) is 25.2. The molecule has 2 aromatic rings. The average molecular weight is 432 g/mol. The molecule has 158 valence electrons. The van der Waals surface area contributed by atoms with Crippen molar-refractivity contribution >= 4 is 23.7 Å². The van der Waals surface area contributed by atoms with Gasteiger partial charge in [0.25, 0.3) is 0 Å². The summed E-state index contributed by atoms with van der Waals surface area (Å²) in [5, 5.41) is 10.1. The van der Waals surface area contributed by atoms with E-state index in [-0.39, 0.29) is 26.3 Å². The van der Waals surface area contributed by atoms with Gasteiger partial charge in [0.2, 0.25) is 0 Å². The largest absolute Gasteiger partial charge is 0.465 e. The van der Waals surface area contributed by atoms with Gasteiger partial charge in [-0.05, 0) is 29.8 Å². The number of likely N-dealkylation sites (tertiary alicyclic amines) is 1. The van der Waals surface area contributed by atoms with E-state index in [0.717, 1.165) is 5.56 Å². The minimum absolute atomic E-state index is 0.00624. The first kappa shape index (κ1) is 20.7. The van der Waals surface area contributed by atoms with Crippen molar-refractivity contribution < 1.29 is 28.9 Å². The van der Waals surface area contributed by atoms with Crippen molar-refractivity contribution in [1.29, 1.82) is 0 Å². The molecule has 1 N–H and O–H groups in total. The highest BCUT2D eigenvalue weighted by molar-refractivity contribution is 6.30. The highest BCUT2D eigenvalue weighted by Gasteiger charge is 2.57. The molecule has 2 saturated heterocycles. The van der Waals surface area contributed by atoms with Crippen LogP contribution in [-0.2, 0) is 20.8 Å². The van der Waals surface area contributed by atoms with E-state index in [1.54, 1.807) is 36.4 Å². The Morgan fingerprint density at radius 1 is 1.17 bits per heavy atom. The van der Waals surface area contributed by atoms with Crippen LogP contribution in [-0.4, -0.2) is 60.6 Å². The summed E-state index contributed by atoms with van der Waals surface area (Å²) >= 11 is 5.94. The highest BCUT2D eigenvalue weighted by Crippen LogP contribution is 2.41. The lowest BCUT2D eigenvalue weighted by molar-refractivity contribution is -0.101. The van der Waals surface area contributed by atoms with Gasteiger partial charge in [-0.1, -0.05) is 41.9 Å². The third-order valence-electron chi connectivity index (χ3n) is 5.55. The lowest BCUT2D eigenvalue weighted by atomic mass is 9.79. The number of amides is 1. The summed E-state index contributed by atoms with van der Waals surface area (Å²) in [5.74, 6) is -0.461. The van der Waals surface area contributed by atoms with Gasteiger partial charge < -0.3 is 24.2 Å². The molecule has 0 aliphatic carbocycles. The summed E-state index contributed by atoms with van der Waals surface area (Å²) in [6.45, 7) is 0.978. The van der Waals surface area contributed by atoms with Crippen LogP contribution in [0.2, 0.25) is 5.02 Å². The quantitative estimate of drug-likeness (QED) is 0.705. The number of benzene rings is 2. The topological polar surface area (TPSA) is 85.3 Å². The molecule has 2 bridgehead atoms. The van der Waals surface area contributed by atoms with Crippen molar-refractivity contribution in [3.63, 3.8) is 0 Å². The molecule has 3 atom stereocenters. The first-order chi connectivity index (χ1) is 14.5. The van der Waals surface area contributed by atoms with E-state index in [2.05, 4.69) is 0 Å². The summed E-state index contributed by atoms with van der Waals surface area (Å²) in [5.41, 5.74) is 0.614. The second-order valence-corrected chi connectivity index (χ2v) is 8.11. The number of esters is 1. The van der Waals surface area contributed by atoms with E-state index in [1.807, 2.05) is 18.2 Å². The molecule has 2 heterocycles. The van der Waals surface area contributed by atoms with Gasteiger partial charge in [-0.15, -0.1) is 0 Å². The van der Waals surface area contributed by atoms with Gasteiger partial charge in [-0.2, -0.15) is 0 Å². The Hall–Kier alpha value is -2.61. The predicted octanol–water partition coefficient (Wildman–Crippen LogP) is 3.46. The van der Waals surface area contributed by atoms with Gasteiger partial charge in [-0.3, -0.25) is 0 Å². The molecule has 4 rings (SSSR count). The van der Waals surface area contributed by atoms with Crippen LogP contribution in [0, 0.1) is 5.41 Å². The smallest absolute Gasteiger partial charge is 0.407 e. The molecule has 2 aliphatic heterocycles. The SMILES string of the molecule is O=C(OCC12COC(CN(C(=O)O)C1)C2OCc1ccc(Cl)cc1)c1ccccc1. The van der Waals surface area contributed by atoms with E-state index in [0.29, 0.717) is 17.2 Å². The van der Waals surface area contributed by atoms with E-state index in [1.165, 1.54) is 4.90 Å². The van der Waals surface area contributed by atoms with Crippen molar-refractivity contribution in [2.75, 3.05) is 26.3 Å². The van der Waals surface area contributed by atoms with Crippen LogP contribution in [0.25, 0.3) is 0 Å². The van der Waals surface area contributed by atoms with Gasteiger partial charge in [0.15, 0.2) is 0 Å². The molecule has 0 aromatic heterocycles. The van der Waals surface area contributed by atoms with Crippen molar-refractivity contribution in [2.45, 2.75) is 18.8 Å². The zero-order valence-corrected chi connectivity index (χ0v) is 17.0. The fraction of sp³-hybridized carbons (Fsp3) is 0.364. The maximum absolute atomic E-state index is 12.4. The molecular formula is C22H22ClNO6. The molecule has 1 amide bonds. The van der Waals surface area contributed by atoms with Crippen LogP contribution in [0.5, 0.6) is 0 Å². The van der Waals surface area contributed by atoms with E-state index < -0.39 is 29.7 Å². The molecule has 0 radical (unpaired) electrons. The molecular weight excluding hydrogens is 410 g/mol. The maximum Gasteiger partial charge on any atom is 0.407 e. The summed E-state index contributed by atoms with van der Waals surface area (Å²) in [6.07, 6.45) is -1.84. The molecule has 8 heteroatoms. The number of piperidine rings is 1. The van der Waals surface area contributed by atoms with Crippen LogP contribution in [0.15, 0.2) is 54.6 Å². The molecule has 7 nitrogen and oxygen atoms in total. The van der Waals surface area contributed by atoms with Crippen molar-refractivity contribution in [3.8, 4) is 0 Å². The van der Waals surface area contributed by atoms with Crippen LogP contribution < -0.4 is 0 Å². The first-order valence-electron chi connectivity index (χ1n) is 9.64. The summed E-state index contributed by atoms with van der Waals surface area (Å²) < 4.78 is 17.6. The van der Waals surface area contributed by atoms with Crippen LogP contribution in [0.4, 0.5) is 4.79 Å². The third-order valence-corrected chi connectivity index (χ3v) is 5.80. The van der Waals surface area contributed by atoms with Crippen molar-refractivity contribution in [2.24, 2.45) is 5.41 Å². The molecule has 0 saturated carbocycles. The summed E-state index contributed by atoms with van der Waals surface area (Å²) in [7, 11) is 0. The number of hydrogen-bond donors (Lipinski definition) is 1. The minimum atomic E-state index is -1.03. The molecule has 0 spiro atoms. The lowest BCUT2D eigenvalue weighted by Gasteiger charge is -2.42. The molecule has 2 fully saturated rings. The highest BCUT2D eigenvalue weighted by atomic mass is 35.5. The average Bonchev–Trinajstić information content (AvgIpc) is 2.96. The number of rotatable bonds is 6. The first-order valence-corrected chi connectivity index (χ1v) is 10.0. The maximum atomic E-state index is 12.4. The number of ether oxygens (including phenoxy) is 3. The fourth-order valence-electron chi connectivity index (χ4n) is 4.02. The standard InChI is InChI=1S/C22H22ClNO6/c23-17-8-6-15(7-9-17)11-28-19-18-10-24(21(26)27)12-22(19,13-29-18)14-30-20(25)16-4-2-1-3-5-16/h1-9,18-19H,10-14H2,(H,26,27). The predicted molar refractivity (Wildman–Crippen MR) is 109 cm³/mol. The molecule has 30 heavy (non-hydrogen) atoms.